The fraction of sp³-hybridized carbons (Fsp3) is 0.212. The maximum absolute atomic E-state index is 14.4. The molecule has 4 nitrogen and oxygen atoms in total. The van der Waals surface area contributed by atoms with Gasteiger partial charge >= 0.3 is 5.97 Å². The van der Waals surface area contributed by atoms with Gasteiger partial charge in [-0.15, -0.1) is 0 Å². The monoisotopic (exact) mass is 491 g/mol. The molecule has 188 valence electrons. The molecule has 0 bridgehead atoms. The Morgan fingerprint density at radius 2 is 1.05 bits per heavy atom. The number of benzene rings is 4. The first-order valence-electron chi connectivity index (χ1n) is 12.5. The van der Waals surface area contributed by atoms with Crippen molar-refractivity contribution in [1.82, 2.24) is 5.32 Å². The van der Waals surface area contributed by atoms with Crippen LogP contribution < -0.4 is 5.32 Å². The molecule has 0 fully saturated rings. The van der Waals surface area contributed by atoms with Crippen LogP contribution in [-0.2, 0) is 26.8 Å². The number of carbonyl (C=O) groups excluding carboxylic acids is 1. The molecule has 1 amide bonds. The molecule has 0 saturated heterocycles. The first-order chi connectivity index (χ1) is 17.7. The van der Waals surface area contributed by atoms with E-state index in [1.165, 1.54) is 5.56 Å². The zero-order valence-corrected chi connectivity index (χ0v) is 21.5. The highest BCUT2D eigenvalue weighted by Gasteiger charge is 2.45. The summed E-state index contributed by atoms with van der Waals surface area (Å²) in [6.07, 6.45) is 0.181. The van der Waals surface area contributed by atoms with E-state index in [9.17, 15) is 14.7 Å². The van der Waals surface area contributed by atoms with Crippen molar-refractivity contribution in [3.05, 3.63) is 143 Å². The van der Waals surface area contributed by atoms with Crippen LogP contribution in [0.5, 0.6) is 0 Å². The second-order valence-corrected chi connectivity index (χ2v) is 10.4. The van der Waals surface area contributed by atoms with Gasteiger partial charge in [0, 0.05) is 6.42 Å². The molecule has 0 aliphatic rings. The van der Waals surface area contributed by atoms with E-state index >= 15 is 0 Å². The highest BCUT2D eigenvalue weighted by atomic mass is 16.4. The second kappa shape index (κ2) is 10.8. The van der Waals surface area contributed by atoms with Crippen molar-refractivity contribution in [2.45, 2.75) is 44.1 Å². The maximum Gasteiger partial charge on any atom is 0.326 e. The Labute approximate surface area is 219 Å². The van der Waals surface area contributed by atoms with Crippen LogP contribution in [0, 0.1) is 0 Å². The molecular formula is C33H33NO3. The standard InChI is InChI=1S/C33H33NO3/c1-32(2,3)25-21-19-24(20-22-25)23-29(30(35)36)34-31(37)33(26-13-7-4-8-14-26,27-15-9-5-10-16-27)28-17-11-6-12-18-28/h4-22,29H,23H2,1-3H3,(H,34,37)(H,35,36)/t29-/m1/s1. The molecule has 4 heteroatoms. The van der Waals surface area contributed by atoms with Gasteiger partial charge in [0.1, 0.15) is 11.5 Å². The minimum Gasteiger partial charge on any atom is -0.480 e. The van der Waals surface area contributed by atoms with E-state index in [4.69, 9.17) is 0 Å². The van der Waals surface area contributed by atoms with Crippen molar-refractivity contribution in [1.29, 1.82) is 0 Å². The third-order valence-electron chi connectivity index (χ3n) is 6.82. The van der Waals surface area contributed by atoms with Gasteiger partial charge in [0.05, 0.1) is 0 Å². The molecule has 4 aromatic carbocycles. The maximum atomic E-state index is 14.4. The van der Waals surface area contributed by atoms with Crippen molar-refractivity contribution in [2.75, 3.05) is 0 Å². The van der Waals surface area contributed by atoms with Gasteiger partial charge in [0.15, 0.2) is 0 Å². The predicted molar refractivity (Wildman–Crippen MR) is 148 cm³/mol. The van der Waals surface area contributed by atoms with Gasteiger partial charge in [-0.05, 0) is 33.2 Å². The van der Waals surface area contributed by atoms with Gasteiger partial charge in [-0.1, -0.05) is 136 Å². The van der Waals surface area contributed by atoms with E-state index in [2.05, 4.69) is 26.1 Å². The van der Waals surface area contributed by atoms with Gasteiger partial charge in [0.2, 0.25) is 5.91 Å². The Morgan fingerprint density at radius 1 is 0.649 bits per heavy atom. The molecule has 0 radical (unpaired) electrons. The molecular weight excluding hydrogens is 458 g/mol. The van der Waals surface area contributed by atoms with Crippen LogP contribution in [0.25, 0.3) is 0 Å². The number of aliphatic carboxylic acids is 1. The number of hydrogen-bond acceptors (Lipinski definition) is 2. The highest BCUT2D eigenvalue weighted by molar-refractivity contribution is 5.98. The number of carboxylic acid groups (broad SMARTS) is 1. The Hall–Kier alpha value is -4.18. The van der Waals surface area contributed by atoms with Crippen molar-refractivity contribution < 1.29 is 14.7 Å². The summed E-state index contributed by atoms with van der Waals surface area (Å²) >= 11 is 0. The molecule has 0 aromatic heterocycles. The zero-order chi connectivity index (χ0) is 26.5. The van der Waals surface area contributed by atoms with Crippen LogP contribution in [0.15, 0.2) is 115 Å². The highest BCUT2D eigenvalue weighted by Crippen LogP contribution is 2.39. The molecule has 0 aliphatic carbocycles. The van der Waals surface area contributed by atoms with E-state index < -0.39 is 17.4 Å². The fourth-order valence-corrected chi connectivity index (χ4v) is 4.80. The summed E-state index contributed by atoms with van der Waals surface area (Å²) < 4.78 is 0. The Bertz CT molecular complexity index is 1230. The minimum absolute atomic E-state index is 0.000398. The van der Waals surface area contributed by atoms with Crippen molar-refractivity contribution in [3.63, 3.8) is 0 Å². The molecule has 0 spiro atoms. The van der Waals surface area contributed by atoms with E-state index in [-0.39, 0.29) is 17.7 Å². The largest absolute Gasteiger partial charge is 0.480 e. The first-order valence-corrected chi connectivity index (χ1v) is 12.5. The number of amides is 1. The van der Waals surface area contributed by atoms with Gasteiger partial charge in [0.25, 0.3) is 0 Å². The SMILES string of the molecule is CC(C)(C)c1ccc(C[C@@H](NC(=O)C(c2ccccc2)(c2ccccc2)c2ccccc2)C(=O)O)cc1. The third kappa shape index (κ3) is 5.49. The Balaban J connectivity index is 1.77. The molecule has 0 unspecified atom stereocenters. The summed E-state index contributed by atoms with van der Waals surface area (Å²) in [5.74, 6) is -1.45. The molecule has 0 heterocycles. The van der Waals surface area contributed by atoms with Gasteiger partial charge < -0.3 is 10.4 Å². The van der Waals surface area contributed by atoms with Crippen LogP contribution in [0.2, 0.25) is 0 Å². The number of carboxylic acids is 1. The lowest BCUT2D eigenvalue weighted by Gasteiger charge is -2.35. The van der Waals surface area contributed by atoms with Gasteiger partial charge in [-0.3, -0.25) is 4.79 Å². The first kappa shape index (κ1) is 25.9. The van der Waals surface area contributed by atoms with E-state index in [0.29, 0.717) is 0 Å². The predicted octanol–water partition coefficient (Wildman–Crippen LogP) is 6.13. The summed E-state index contributed by atoms with van der Waals surface area (Å²) in [5.41, 5.74) is 3.09. The molecule has 4 aromatic rings. The van der Waals surface area contributed by atoms with Crippen LogP contribution in [-0.4, -0.2) is 23.0 Å². The second-order valence-electron chi connectivity index (χ2n) is 10.4. The molecule has 1 atom stereocenters. The summed E-state index contributed by atoms with van der Waals surface area (Å²) in [6, 6.07) is 35.5. The Kier molecular flexibility index (Phi) is 7.58. The number of nitrogens with one attached hydrogen (secondary N) is 1. The van der Waals surface area contributed by atoms with Crippen molar-refractivity contribution in [3.8, 4) is 0 Å². The van der Waals surface area contributed by atoms with E-state index in [0.717, 1.165) is 22.3 Å². The molecule has 0 aliphatic heterocycles. The average Bonchev–Trinajstić information content (AvgIpc) is 2.90. The van der Waals surface area contributed by atoms with Crippen LogP contribution in [0.1, 0.15) is 48.6 Å². The van der Waals surface area contributed by atoms with Gasteiger partial charge in [-0.2, -0.15) is 0 Å². The molecule has 0 saturated carbocycles. The topological polar surface area (TPSA) is 66.4 Å². The van der Waals surface area contributed by atoms with E-state index in [1.54, 1.807) is 0 Å². The summed E-state index contributed by atoms with van der Waals surface area (Å²) in [4.78, 5) is 26.8. The molecule has 37 heavy (non-hydrogen) atoms. The zero-order valence-electron chi connectivity index (χ0n) is 21.5. The average molecular weight is 492 g/mol. The summed E-state index contributed by atoms with van der Waals surface area (Å²) in [6.45, 7) is 6.41. The molecule has 4 rings (SSSR count). The quantitative estimate of drug-likeness (QED) is 0.291. The lowest BCUT2D eigenvalue weighted by Crippen LogP contribution is -2.52. The van der Waals surface area contributed by atoms with Crippen LogP contribution in [0.4, 0.5) is 0 Å². The lowest BCUT2D eigenvalue weighted by molar-refractivity contribution is -0.142. The van der Waals surface area contributed by atoms with Crippen LogP contribution in [0.3, 0.4) is 0 Å². The number of hydrogen-bond donors (Lipinski definition) is 2. The fourth-order valence-electron chi connectivity index (χ4n) is 4.80. The molecule has 2 N–H and O–H groups in total. The van der Waals surface area contributed by atoms with Crippen molar-refractivity contribution >= 4 is 11.9 Å². The summed E-state index contributed by atoms with van der Waals surface area (Å²) in [5, 5.41) is 13.0. The lowest BCUT2D eigenvalue weighted by atomic mass is 9.68. The number of rotatable bonds is 8. The number of carbonyl (C=O) groups is 2. The van der Waals surface area contributed by atoms with Crippen molar-refractivity contribution in [2.24, 2.45) is 0 Å². The summed E-state index contributed by atoms with van der Waals surface area (Å²) in [7, 11) is 0. The third-order valence-corrected chi connectivity index (χ3v) is 6.82. The minimum atomic E-state index is -1.23. The van der Waals surface area contributed by atoms with Gasteiger partial charge in [-0.25, -0.2) is 4.79 Å². The smallest absolute Gasteiger partial charge is 0.326 e. The van der Waals surface area contributed by atoms with E-state index in [1.807, 2.05) is 115 Å². The van der Waals surface area contributed by atoms with Crippen LogP contribution >= 0.6 is 0 Å². The Morgan fingerprint density at radius 3 is 1.41 bits per heavy atom. The normalized spacial score (nSPS) is 12.5.